The maximum absolute atomic E-state index is 6.08. The van der Waals surface area contributed by atoms with E-state index in [2.05, 4.69) is 59.9 Å². The van der Waals surface area contributed by atoms with Crippen molar-refractivity contribution in [2.45, 2.75) is 33.3 Å². The Morgan fingerprint density at radius 1 is 1.27 bits per heavy atom. The van der Waals surface area contributed by atoms with Crippen molar-refractivity contribution in [3.05, 3.63) is 30.6 Å². The molecule has 0 aromatic carbocycles. The van der Waals surface area contributed by atoms with Gasteiger partial charge < -0.3 is 9.64 Å². The van der Waals surface area contributed by atoms with Gasteiger partial charge in [0.25, 0.3) is 0 Å². The van der Waals surface area contributed by atoms with Crippen molar-refractivity contribution in [3.63, 3.8) is 0 Å². The van der Waals surface area contributed by atoms with Gasteiger partial charge in [-0.1, -0.05) is 20.8 Å². The van der Waals surface area contributed by atoms with Gasteiger partial charge in [0.1, 0.15) is 5.82 Å². The Hall–Kier alpha value is -1.88. The fourth-order valence-corrected chi connectivity index (χ4v) is 2.67. The average molecular weight is 300 g/mol. The van der Waals surface area contributed by atoms with Crippen molar-refractivity contribution < 1.29 is 4.74 Å². The standard InChI is InChI=1S/C17H24N4O/c1-16(2,3)17(4)12-21(9-10-22-17)15-6-5-13(11-18-15)14-7-8-19-20-14/h5-8,11H,9-10,12H2,1-4H3,(H,19,20). The maximum Gasteiger partial charge on any atom is 0.128 e. The van der Waals surface area contributed by atoms with Gasteiger partial charge in [0.15, 0.2) is 0 Å². The van der Waals surface area contributed by atoms with Crippen LogP contribution in [0.1, 0.15) is 27.7 Å². The number of hydrogen-bond acceptors (Lipinski definition) is 4. The van der Waals surface area contributed by atoms with Crippen LogP contribution in [0.4, 0.5) is 5.82 Å². The number of ether oxygens (including phenoxy) is 1. The number of nitrogens with one attached hydrogen (secondary N) is 1. The third kappa shape index (κ3) is 2.73. The number of H-pyrrole nitrogens is 1. The Morgan fingerprint density at radius 3 is 2.68 bits per heavy atom. The number of aromatic amines is 1. The van der Waals surface area contributed by atoms with Gasteiger partial charge in [0, 0.05) is 31.0 Å². The highest BCUT2D eigenvalue weighted by Gasteiger charge is 2.42. The van der Waals surface area contributed by atoms with Gasteiger partial charge in [-0.05, 0) is 30.5 Å². The van der Waals surface area contributed by atoms with Gasteiger partial charge in [-0.3, -0.25) is 5.10 Å². The van der Waals surface area contributed by atoms with Crippen LogP contribution in [0, 0.1) is 5.41 Å². The highest BCUT2D eigenvalue weighted by molar-refractivity contribution is 5.59. The minimum Gasteiger partial charge on any atom is -0.371 e. The van der Waals surface area contributed by atoms with Crippen molar-refractivity contribution >= 4 is 5.82 Å². The molecule has 5 heteroatoms. The van der Waals surface area contributed by atoms with E-state index >= 15 is 0 Å². The molecule has 0 saturated carbocycles. The predicted octanol–water partition coefficient (Wildman–Crippen LogP) is 3.11. The van der Waals surface area contributed by atoms with E-state index in [1.165, 1.54) is 0 Å². The number of anilines is 1. The third-order valence-electron chi connectivity index (χ3n) is 4.74. The summed E-state index contributed by atoms with van der Waals surface area (Å²) >= 11 is 0. The Balaban J connectivity index is 1.79. The lowest BCUT2D eigenvalue weighted by atomic mass is 9.76. The normalized spacial score (nSPS) is 22.8. The molecule has 3 rings (SSSR count). The molecule has 1 unspecified atom stereocenters. The zero-order valence-corrected chi connectivity index (χ0v) is 13.8. The fourth-order valence-electron chi connectivity index (χ4n) is 2.67. The topological polar surface area (TPSA) is 54.0 Å². The molecule has 1 aliphatic rings. The summed E-state index contributed by atoms with van der Waals surface area (Å²) in [6.45, 7) is 11.3. The number of pyridine rings is 1. The van der Waals surface area contributed by atoms with E-state index in [0.29, 0.717) is 0 Å². The number of aromatic nitrogens is 3. The van der Waals surface area contributed by atoms with Crippen molar-refractivity contribution in [2.24, 2.45) is 5.41 Å². The molecule has 3 heterocycles. The van der Waals surface area contributed by atoms with Crippen LogP contribution in [0.2, 0.25) is 0 Å². The molecule has 0 aliphatic carbocycles. The average Bonchev–Trinajstić information content (AvgIpc) is 3.00. The molecule has 2 aromatic rings. The lowest BCUT2D eigenvalue weighted by Gasteiger charge is -2.48. The SMILES string of the molecule is CC(C)(C)C1(C)CN(c2ccc(-c3ccn[nH]3)cn2)CCO1. The van der Waals surface area contributed by atoms with Gasteiger partial charge >= 0.3 is 0 Å². The molecule has 1 aliphatic heterocycles. The summed E-state index contributed by atoms with van der Waals surface area (Å²) in [4.78, 5) is 6.94. The highest BCUT2D eigenvalue weighted by atomic mass is 16.5. The van der Waals surface area contributed by atoms with Crippen LogP contribution in [0.3, 0.4) is 0 Å². The molecule has 0 spiro atoms. The molecule has 1 atom stereocenters. The summed E-state index contributed by atoms with van der Waals surface area (Å²) in [6, 6.07) is 6.10. The van der Waals surface area contributed by atoms with E-state index in [0.717, 1.165) is 36.8 Å². The van der Waals surface area contributed by atoms with Crippen LogP contribution in [0.25, 0.3) is 11.3 Å². The summed E-state index contributed by atoms with van der Waals surface area (Å²) in [5.74, 6) is 1.00. The molecule has 2 aromatic heterocycles. The van der Waals surface area contributed by atoms with Crippen molar-refractivity contribution in [3.8, 4) is 11.3 Å². The second-order valence-electron chi connectivity index (χ2n) is 7.13. The van der Waals surface area contributed by atoms with Crippen LogP contribution in [0.5, 0.6) is 0 Å². The summed E-state index contributed by atoms with van der Waals surface area (Å²) in [6.07, 6.45) is 3.65. The number of nitrogens with zero attached hydrogens (tertiary/aromatic N) is 3. The largest absolute Gasteiger partial charge is 0.371 e. The van der Waals surface area contributed by atoms with E-state index in [-0.39, 0.29) is 11.0 Å². The molecule has 0 amide bonds. The van der Waals surface area contributed by atoms with E-state index in [4.69, 9.17) is 4.74 Å². The number of morpholine rings is 1. The maximum atomic E-state index is 6.08. The van der Waals surface area contributed by atoms with Gasteiger partial charge in [0.2, 0.25) is 0 Å². The molecule has 1 saturated heterocycles. The first-order chi connectivity index (χ1) is 10.4. The van der Waals surface area contributed by atoms with Crippen LogP contribution in [-0.4, -0.2) is 40.5 Å². The molecule has 22 heavy (non-hydrogen) atoms. The molecular weight excluding hydrogens is 276 g/mol. The fraction of sp³-hybridized carbons (Fsp3) is 0.529. The van der Waals surface area contributed by atoms with E-state index in [9.17, 15) is 0 Å². The minimum absolute atomic E-state index is 0.0848. The lowest BCUT2D eigenvalue weighted by Crippen LogP contribution is -2.57. The molecule has 0 bridgehead atoms. The third-order valence-corrected chi connectivity index (χ3v) is 4.74. The highest BCUT2D eigenvalue weighted by Crippen LogP contribution is 2.37. The molecule has 1 N–H and O–H groups in total. The molecule has 1 fully saturated rings. The smallest absolute Gasteiger partial charge is 0.128 e. The van der Waals surface area contributed by atoms with Gasteiger partial charge in [-0.25, -0.2) is 4.98 Å². The molecular formula is C17H24N4O. The Kier molecular flexibility index (Phi) is 3.68. The molecule has 0 radical (unpaired) electrons. The van der Waals surface area contributed by atoms with Gasteiger partial charge in [-0.15, -0.1) is 0 Å². The van der Waals surface area contributed by atoms with Crippen LogP contribution in [-0.2, 0) is 4.74 Å². The predicted molar refractivity (Wildman–Crippen MR) is 87.8 cm³/mol. The second kappa shape index (κ2) is 5.39. The Labute approximate surface area is 131 Å². The van der Waals surface area contributed by atoms with Gasteiger partial charge in [-0.2, -0.15) is 5.10 Å². The first-order valence-corrected chi connectivity index (χ1v) is 7.74. The summed E-state index contributed by atoms with van der Waals surface area (Å²) in [7, 11) is 0. The first kappa shape index (κ1) is 15.0. The van der Waals surface area contributed by atoms with Crippen molar-refractivity contribution in [1.82, 2.24) is 15.2 Å². The van der Waals surface area contributed by atoms with E-state index in [1.807, 2.05) is 12.3 Å². The second-order valence-corrected chi connectivity index (χ2v) is 7.13. The van der Waals surface area contributed by atoms with Crippen molar-refractivity contribution in [2.75, 3.05) is 24.6 Å². The number of rotatable bonds is 2. The van der Waals surface area contributed by atoms with Gasteiger partial charge in [0.05, 0.1) is 17.9 Å². The zero-order chi connectivity index (χ0) is 15.8. The first-order valence-electron chi connectivity index (χ1n) is 7.74. The summed E-state index contributed by atoms with van der Waals surface area (Å²) in [5, 5.41) is 6.94. The minimum atomic E-state index is -0.172. The van der Waals surface area contributed by atoms with Crippen molar-refractivity contribution in [1.29, 1.82) is 0 Å². The quantitative estimate of drug-likeness (QED) is 0.926. The monoisotopic (exact) mass is 300 g/mol. The summed E-state index contributed by atoms with van der Waals surface area (Å²) in [5.41, 5.74) is 1.95. The Bertz CT molecular complexity index is 615. The Morgan fingerprint density at radius 2 is 2.09 bits per heavy atom. The number of hydrogen-bond donors (Lipinski definition) is 1. The lowest BCUT2D eigenvalue weighted by molar-refractivity contribution is -0.111. The summed E-state index contributed by atoms with van der Waals surface area (Å²) < 4.78 is 6.08. The van der Waals surface area contributed by atoms with E-state index in [1.54, 1.807) is 6.20 Å². The molecule has 118 valence electrons. The van der Waals surface area contributed by atoms with Crippen LogP contribution in [0.15, 0.2) is 30.6 Å². The zero-order valence-electron chi connectivity index (χ0n) is 13.8. The molecule has 5 nitrogen and oxygen atoms in total. The van der Waals surface area contributed by atoms with E-state index < -0.39 is 0 Å². The van der Waals surface area contributed by atoms with Crippen LogP contribution < -0.4 is 4.90 Å². The van der Waals surface area contributed by atoms with Crippen LogP contribution >= 0.6 is 0 Å².